The first-order valence-corrected chi connectivity index (χ1v) is 9.64. The molecule has 5 nitrogen and oxygen atoms in total. The van der Waals surface area contributed by atoms with Crippen molar-refractivity contribution < 1.29 is 0 Å². The molecule has 0 aromatic carbocycles. The van der Waals surface area contributed by atoms with E-state index in [9.17, 15) is 0 Å². The van der Waals surface area contributed by atoms with Crippen molar-refractivity contribution in [1.82, 2.24) is 26.1 Å². The smallest absolute Gasteiger partial charge is 0.0543 e. The van der Waals surface area contributed by atoms with Crippen LogP contribution in [0.15, 0.2) is 24.4 Å². The van der Waals surface area contributed by atoms with Gasteiger partial charge in [-0.3, -0.25) is 20.7 Å². The van der Waals surface area contributed by atoms with Crippen molar-refractivity contribution in [1.29, 1.82) is 0 Å². The lowest BCUT2D eigenvalue weighted by Gasteiger charge is -2.41. The molecule has 4 rings (SSSR count). The third-order valence-electron chi connectivity index (χ3n) is 6.19. The van der Waals surface area contributed by atoms with Gasteiger partial charge in [-0.15, -0.1) is 0 Å². The minimum Gasteiger partial charge on any atom is -0.311 e. The molecule has 2 aliphatic heterocycles. The zero-order chi connectivity index (χ0) is 16.4. The normalized spacial score (nSPS) is 37.3. The van der Waals surface area contributed by atoms with Gasteiger partial charge in [0.1, 0.15) is 0 Å². The molecule has 1 aliphatic carbocycles. The van der Waals surface area contributed by atoms with Gasteiger partial charge in [-0.2, -0.15) is 0 Å². The third-order valence-corrected chi connectivity index (χ3v) is 6.19. The van der Waals surface area contributed by atoms with Crippen molar-refractivity contribution >= 4 is 0 Å². The fraction of sp³-hybridized carbons (Fsp3) is 0.737. The van der Waals surface area contributed by atoms with E-state index >= 15 is 0 Å². The molecule has 5 unspecified atom stereocenters. The minimum absolute atomic E-state index is 0.675. The van der Waals surface area contributed by atoms with E-state index in [4.69, 9.17) is 0 Å². The Bertz CT molecular complexity index is 522. The second kappa shape index (κ2) is 7.48. The van der Waals surface area contributed by atoms with Crippen molar-refractivity contribution in [3.8, 4) is 0 Å². The maximum atomic E-state index is 4.47. The van der Waals surface area contributed by atoms with Gasteiger partial charge < -0.3 is 5.32 Å². The molecule has 24 heavy (non-hydrogen) atoms. The number of piperidine rings is 1. The molecule has 1 aromatic heterocycles. The Kier molecular flexibility index (Phi) is 5.13. The largest absolute Gasteiger partial charge is 0.311 e. The molecule has 0 amide bonds. The second-order valence-electron chi connectivity index (χ2n) is 8.00. The molecule has 3 fully saturated rings. The highest BCUT2D eigenvalue weighted by atomic mass is 15.4. The van der Waals surface area contributed by atoms with Crippen LogP contribution in [0.25, 0.3) is 0 Å². The summed E-state index contributed by atoms with van der Waals surface area (Å²) in [6, 6.07) is 8.31. The first-order chi connectivity index (χ1) is 11.8. The van der Waals surface area contributed by atoms with E-state index in [1.807, 2.05) is 12.3 Å². The topological polar surface area (TPSA) is 52.2 Å². The molecule has 0 spiro atoms. The van der Waals surface area contributed by atoms with Crippen molar-refractivity contribution in [2.24, 2.45) is 11.8 Å². The Morgan fingerprint density at radius 3 is 3.08 bits per heavy atom. The molecule has 0 radical (unpaired) electrons. The summed E-state index contributed by atoms with van der Waals surface area (Å²) < 4.78 is 0. The zero-order valence-electron chi connectivity index (χ0n) is 14.7. The van der Waals surface area contributed by atoms with Crippen molar-refractivity contribution in [2.75, 3.05) is 19.6 Å². The third kappa shape index (κ3) is 3.80. The van der Waals surface area contributed by atoms with Crippen LogP contribution in [-0.2, 0) is 6.54 Å². The summed E-state index contributed by atoms with van der Waals surface area (Å²) in [7, 11) is 0. The number of hydrazine groups is 1. The summed E-state index contributed by atoms with van der Waals surface area (Å²) >= 11 is 0. The summed E-state index contributed by atoms with van der Waals surface area (Å²) in [4.78, 5) is 7.03. The van der Waals surface area contributed by atoms with E-state index in [0.29, 0.717) is 24.0 Å². The maximum absolute atomic E-state index is 4.47. The van der Waals surface area contributed by atoms with E-state index in [2.05, 4.69) is 45.1 Å². The Labute approximate surface area is 145 Å². The van der Waals surface area contributed by atoms with Gasteiger partial charge >= 0.3 is 0 Å². The van der Waals surface area contributed by atoms with Gasteiger partial charge in [0.2, 0.25) is 0 Å². The average Bonchev–Trinajstić information content (AvgIpc) is 3.06. The van der Waals surface area contributed by atoms with Crippen molar-refractivity contribution in [3.05, 3.63) is 30.1 Å². The maximum Gasteiger partial charge on any atom is 0.0543 e. The average molecular weight is 329 g/mol. The lowest BCUT2D eigenvalue weighted by atomic mass is 9.81. The molecule has 1 aromatic rings. The molecule has 0 bridgehead atoms. The lowest BCUT2D eigenvalue weighted by molar-refractivity contribution is 0.123. The first-order valence-electron chi connectivity index (χ1n) is 9.64. The molecule has 3 aliphatic rings. The van der Waals surface area contributed by atoms with Crippen LogP contribution in [0, 0.1) is 11.8 Å². The fourth-order valence-electron chi connectivity index (χ4n) is 4.80. The zero-order valence-corrected chi connectivity index (χ0v) is 14.7. The van der Waals surface area contributed by atoms with E-state index in [-0.39, 0.29) is 0 Å². The van der Waals surface area contributed by atoms with Crippen LogP contribution in [0.2, 0.25) is 0 Å². The second-order valence-corrected chi connectivity index (χ2v) is 8.00. The van der Waals surface area contributed by atoms with Crippen LogP contribution < -0.4 is 16.2 Å². The van der Waals surface area contributed by atoms with Gasteiger partial charge in [-0.05, 0) is 49.7 Å². The van der Waals surface area contributed by atoms with Crippen LogP contribution in [0.4, 0.5) is 0 Å². The summed E-state index contributed by atoms with van der Waals surface area (Å²) in [6.45, 7) is 6.90. The van der Waals surface area contributed by atoms with Crippen LogP contribution in [0.5, 0.6) is 0 Å². The molecule has 5 heteroatoms. The summed E-state index contributed by atoms with van der Waals surface area (Å²) in [6.07, 6.45) is 7.11. The van der Waals surface area contributed by atoms with Crippen LogP contribution in [0.1, 0.15) is 38.3 Å². The predicted octanol–water partition coefficient (Wildman–Crippen LogP) is 1.53. The molecule has 2 saturated heterocycles. The van der Waals surface area contributed by atoms with Crippen LogP contribution in [-0.4, -0.2) is 47.6 Å². The highest BCUT2D eigenvalue weighted by molar-refractivity contribution is 5.04. The summed E-state index contributed by atoms with van der Waals surface area (Å²) in [5.41, 5.74) is 7.96. The number of fused-ring (bicyclic) bond motifs is 1. The lowest BCUT2D eigenvalue weighted by Crippen LogP contribution is -2.53. The Morgan fingerprint density at radius 1 is 1.29 bits per heavy atom. The van der Waals surface area contributed by atoms with Gasteiger partial charge in [0, 0.05) is 50.5 Å². The quantitative estimate of drug-likeness (QED) is 0.782. The number of rotatable bonds is 4. The van der Waals surface area contributed by atoms with E-state index in [1.54, 1.807) is 0 Å². The molecule has 132 valence electrons. The van der Waals surface area contributed by atoms with Gasteiger partial charge in [0.15, 0.2) is 0 Å². The SMILES string of the molecule is CC1CN(Cc2ccccn2)CCC1NC1CCC2NNCC2C1. The standard InChI is InChI=1S/C19H31N5/c1-14-12-24(13-17-4-2-3-8-20-17)9-7-18(14)22-16-5-6-19-15(10-16)11-21-23-19/h2-4,8,14-16,18-19,21-23H,5-7,9-13H2,1H3. The number of likely N-dealkylation sites (tertiary alicyclic amines) is 1. The number of nitrogens with zero attached hydrogens (tertiary/aromatic N) is 2. The Morgan fingerprint density at radius 2 is 2.25 bits per heavy atom. The summed E-state index contributed by atoms with van der Waals surface area (Å²) in [5, 5.41) is 4.01. The Balaban J connectivity index is 1.26. The molecular weight excluding hydrogens is 298 g/mol. The van der Waals surface area contributed by atoms with E-state index in [0.717, 1.165) is 19.0 Å². The Hall–Kier alpha value is -1.01. The number of hydrogen-bond acceptors (Lipinski definition) is 5. The highest BCUT2D eigenvalue weighted by Gasteiger charge is 2.35. The van der Waals surface area contributed by atoms with Crippen molar-refractivity contribution in [3.63, 3.8) is 0 Å². The van der Waals surface area contributed by atoms with Gasteiger partial charge in [0.05, 0.1) is 5.69 Å². The minimum atomic E-state index is 0.675. The molecular formula is C19H31N5. The van der Waals surface area contributed by atoms with E-state index in [1.165, 1.54) is 44.5 Å². The fourth-order valence-corrected chi connectivity index (χ4v) is 4.80. The molecule has 3 N–H and O–H groups in total. The molecule has 1 saturated carbocycles. The first kappa shape index (κ1) is 16.5. The number of pyridine rings is 1. The highest BCUT2D eigenvalue weighted by Crippen LogP contribution is 2.28. The van der Waals surface area contributed by atoms with Gasteiger partial charge in [-0.25, -0.2) is 0 Å². The number of aromatic nitrogens is 1. The predicted molar refractivity (Wildman–Crippen MR) is 96.3 cm³/mol. The van der Waals surface area contributed by atoms with Crippen molar-refractivity contribution in [2.45, 2.75) is 57.3 Å². The molecule has 3 heterocycles. The monoisotopic (exact) mass is 329 g/mol. The van der Waals surface area contributed by atoms with E-state index < -0.39 is 0 Å². The van der Waals surface area contributed by atoms with Crippen LogP contribution >= 0.6 is 0 Å². The van der Waals surface area contributed by atoms with Crippen LogP contribution in [0.3, 0.4) is 0 Å². The summed E-state index contributed by atoms with van der Waals surface area (Å²) in [5.74, 6) is 1.52. The number of nitrogens with one attached hydrogen (secondary N) is 3. The number of hydrogen-bond donors (Lipinski definition) is 3. The van der Waals surface area contributed by atoms with Gasteiger partial charge in [0.25, 0.3) is 0 Å². The molecule has 5 atom stereocenters. The van der Waals surface area contributed by atoms with Gasteiger partial charge in [-0.1, -0.05) is 13.0 Å².